The average molecular weight is 474 g/mol. The number of nitrogens with zero attached hydrogens (tertiary/aromatic N) is 2. The Labute approximate surface area is 190 Å². The number of nitrogens with one attached hydrogen (secondary N) is 1. The lowest BCUT2D eigenvalue weighted by Crippen LogP contribution is -2.60. The number of benzene rings is 2. The van der Waals surface area contributed by atoms with Gasteiger partial charge in [-0.25, -0.2) is 18.5 Å². The van der Waals surface area contributed by atoms with E-state index in [2.05, 4.69) is 10.3 Å². The lowest BCUT2D eigenvalue weighted by Gasteiger charge is -2.33. The molecule has 2 aliphatic heterocycles. The van der Waals surface area contributed by atoms with Gasteiger partial charge in [0.2, 0.25) is 0 Å². The summed E-state index contributed by atoms with van der Waals surface area (Å²) in [5.74, 6) is -1.56. The first-order valence-electron chi connectivity index (χ1n) is 9.47. The van der Waals surface area contributed by atoms with Gasteiger partial charge in [0.25, 0.3) is 5.91 Å². The molecule has 0 spiro atoms. The van der Waals surface area contributed by atoms with E-state index in [1.807, 2.05) is 0 Å². The molecule has 2 atom stereocenters. The van der Waals surface area contributed by atoms with Crippen molar-refractivity contribution >= 4 is 56.7 Å². The molecule has 10 heteroatoms. The van der Waals surface area contributed by atoms with E-state index in [1.165, 1.54) is 49.5 Å². The first-order chi connectivity index (χ1) is 15.4. The van der Waals surface area contributed by atoms with E-state index < -0.39 is 34.9 Å². The minimum absolute atomic E-state index is 0.0154. The maximum absolute atomic E-state index is 14.2. The number of ether oxygens (including phenoxy) is 1. The minimum atomic E-state index is -0.682. The highest BCUT2D eigenvalue weighted by Gasteiger charge is 2.46. The van der Waals surface area contributed by atoms with Crippen LogP contribution in [0, 0.1) is 11.6 Å². The summed E-state index contributed by atoms with van der Waals surface area (Å²) in [5.41, 5.74) is 0.685. The first-order valence-corrected chi connectivity index (χ1v) is 10.7. The van der Waals surface area contributed by atoms with Crippen molar-refractivity contribution in [1.29, 1.82) is 0 Å². The number of thioether (sulfide) groups is 1. The minimum Gasteiger partial charge on any atom is -0.494 e. The molecule has 1 aromatic heterocycles. The summed E-state index contributed by atoms with van der Waals surface area (Å²) in [7, 11) is 1.34. The maximum atomic E-state index is 14.2. The summed E-state index contributed by atoms with van der Waals surface area (Å²) < 4.78 is 33.2. The predicted octanol–water partition coefficient (Wildman–Crippen LogP) is 4.76. The Balaban J connectivity index is 1.51. The highest BCUT2D eigenvalue weighted by atomic mass is 35.5. The molecule has 162 valence electrons. The van der Waals surface area contributed by atoms with Crippen molar-refractivity contribution in [2.45, 2.75) is 11.3 Å². The Morgan fingerprint density at radius 3 is 2.75 bits per heavy atom. The van der Waals surface area contributed by atoms with Crippen LogP contribution < -0.4 is 15.0 Å². The molecule has 6 nitrogen and oxygen atoms in total. The second kappa shape index (κ2) is 7.75. The Kier molecular flexibility index (Phi) is 5.02. The number of hydrogen-bond acceptors (Lipinski definition) is 5. The average Bonchev–Trinajstić information content (AvgIpc) is 3.18. The fourth-order valence-electron chi connectivity index (χ4n) is 3.83. The van der Waals surface area contributed by atoms with Gasteiger partial charge in [-0.05, 0) is 24.3 Å². The van der Waals surface area contributed by atoms with Gasteiger partial charge in [-0.2, -0.15) is 0 Å². The van der Waals surface area contributed by atoms with Crippen LogP contribution in [0.4, 0.5) is 19.3 Å². The van der Waals surface area contributed by atoms with Gasteiger partial charge in [0.15, 0.2) is 11.6 Å². The topological polar surface area (TPSA) is 71.5 Å². The molecule has 3 heterocycles. The van der Waals surface area contributed by atoms with Crippen LogP contribution in [0.5, 0.6) is 5.75 Å². The van der Waals surface area contributed by atoms with Crippen molar-refractivity contribution in [3.05, 3.63) is 71.0 Å². The smallest absolute Gasteiger partial charge is 0.329 e. The van der Waals surface area contributed by atoms with Crippen LogP contribution in [-0.2, 0) is 4.79 Å². The molecular formula is C22H14ClF2N3O3S. The van der Waals surface area contributed by atoms with Crippen LogP contribution in [-0.4, -0.2) is 35.3 Å². The van der Waals surface area contributed by atoms with Gasteiger partial charge in [-0.15, -0.1) is 11.8 Å². The number of fused-ring (bicyclic) bond motifs is 2. The Bertz CT molecular complexity index is 1330. The summed E-state index contributed by atoms with van der Waals surface area (Å²) in [6.07, 6.45) is 4.41. The summed E-state index contributed by atoms with van der Waals surface area (Å²) in [4.78, 5) is 31.8. The van der Waals surface area contributed by atoms with Crippen LogP contribution in [0.1, 0.15) is 5.56 Å². The molecule has 5 rings (SSSR count). The number of halogens is 3. The number of urea groups is 1. The Hall–Kier alpha value is -3.17. The Morgan fingerprint density at radius 1 is 1.16 bits per heavy atom. The SMILES string of the molecule is COc1cc(C2=CC3NC(=O)N(c4cncc5c(F)cccc45)C(=O)C3S2)c(Cl)cc1F. The second-order valence-corrected chi connectivity index (χ2v) is 8.77. The normalized spacial score (nSPS) is 20.2. The van der Waals surface area contributed by atoms with Crippen molar-refractivity contribution in [3.63, 3.8) is 0 Å². The number of amides is 3. The molecule has 2 unspecified atom stereocenters. The van der Waals surface area contributed by atoms with Crippen LogP contribution in [0.3, 0.4) is 0 Å². The van der Waals surface area contributed by atoms with Gasteiger partial charge in [0.05, 0.1) is 30.1 Å². The van der Waals surface area contributed by atoms with Crippen LogP contribution in [0.2, 0.25) is 5.02 Å². The van der Waals surface area contributed by atoms with Crippen LogP contribution >= 0.6 is 23.4 Å². The molecule has 0 bridgehead atoms. The highest BCUT2D eigenvalue weighted by molar-refractivity contribution is 8.09. The van der Waals surface area contributed by atoms with Crippen molar-refractivity contribution in [1.82, 2.24) is 10.3 Å². The third-order valence-corrected chi connectivity index (χ3v) is 7.02. The van der Waals surface area contributed by atoms with E-state index in [0.29, 0.717) is 15.9 Å². The molecule has 1 N–H and O–H groups in total. The number of aromatic nitrogens is 1. The number of anilines is 1. The lowest BCUT2D eigenvalue weighted by atomic mass is 10.1. The van der Waals surface area contributed by atoms with Gasteiger partial charge >= 0.3 is 6.03 Å². The molecule has 0 saturated carbocycles. The molecule has 1 saturated heterocycles. The molecule has 3 amide bonds. The number of hydrogen-bond donors (Lipinski definition) is 1. The summed E-state index contributed by atoms with van der Waals surface area (Å²) >= 11 is 7.43. The number of pyridine rings is 1. The van der Waals surface area contributed by atoms with E-state index >= 15 is 0 Å². The highest BCUT2D eigenvalue weighted by Crippen LogP contribution is 2.46. The maximum Gasteiger partial charge on any atom is 0.329 e. The zero-order valence-electron chi connectivity index (χ0n) is 16.4. The van der Waals surface area contributed by atoms with Gasteiger partial charge < -0.3 is 10.1 Å². The zero-order chi connectivity index (χ0) is 22.6. The molecule has 0 radical (unpaired) electrons. The summed E-state index contributed by atoms with van der Waals surface area (Å²) in [6.45, 7) is 0. The number of rotatable bonds is 3. The lowest BCUT2D eigenvalue weighted by molar-refractivity contribution is -0.118. The number of carbonyl (C=O) groups is 2. The predicted molar refractivity (Wildman–Crippen MR) is 119 cm³/mol. The van der Waals surface area contributed by atoms with Gasteiger partial charge in [0, 0.05) is 27.4 Å². The summed E-state index contributed by atoms with van der Waals surface area (Å²) in [5, 5.41) is 2.87. The summed E-state index contributed by atoms with van der Waals surface area (Å²) in [6, 6.07) is 5.78. The number of methoxy groups -OCH3 is 1. The van der Waals surface area contributed by atoms with Gasteiger partial charge in [0.1, 0.15) is 11.1 Å². The van der Waals surface area contributed by atoms with Gasteiger partial charge in [-0.1, -0.05) is 23.7 Å². The van der Waals surface area contributed by atoms with E-state index in [9.17, 15) is 18.4 Å². The fraction of sp³-hybridized carbons (Fsp3) is 0.136. The van der Waals surface area contributed by atoms with E-state index in [1.54, 1.807) is 12.1 Å². The molecular weight excluding hydrogens is 460 g/mol. The van der Waals surface area contributed by atoms with E-state index in [-0.39, 0.29) is 21.8 Å². The Morgan fingerprint density at radius 2 is 1.97 bits per heavy atom. The molecule has 1 fully saturated rings. The molecule has 32 heavy (non-hydrogen) atoms. The van der Waals surface area contributed by atoms with E-state index in [0.717, 1.165) is 11.0 Å². The molecule has 2 aromatic carbocycles. The monoisotopic (exact) mass is 473 g/mol. The molecule has 0 aliphatic carbocycles. The van der Waals surface area contributed by atoms with Crippen LogP contribution in [0.25, 0.3) is 15.7 Å². The quantitative estimate of drug-likeness (QED) is 0.594. The molecule has 3 aromatic rings. The van der Waals surface area contributed by atoms with Crippen molar-refractivity contribution in [2.24, 2.45) is 0 Å². The van der Waals surface area contributed by atoms with Crippen molar-refractivity contribution in [2.75, 3.05) is 12.0 Å². The molecule has 2 aliphatic rings. The van der Waals surface area contributed by atoms with Crippen LogP contribution in [0.15, 0.2) is 48.8 Å². The van der Waals surface area contributed by atoms with Crippen molar-refractivity contribution in [3.8, 4) is 5.75 Å². The second-order valence-electron chi connectivity index (χ2n) is 7.18. The number of imide groups is 1. The fourth-order valence-corrected chi connectivity index (χ4v) is 5.44. The van der Waals surface area contributed by atoms with E-state index in [4.69, 9.17) is 16.3 Å². The first kappa shape index (κ1) is 20.7. The third kappa shape index (κ3) is 3.20. The largest absolute Gasteiger partial charge is 0.494 e. The number of carbonyl (C=O) groups excluding carboxylic acids is 2. The zero-order valence-corrected chi connectivity index (χ0v) is 18.0. The third-order valence-electron chi connectivity index (χ3n) is 5.35. The standard InChI is InChI=1S/C22H14ClF2N3O3S/c1-31-18-5-11(13(23)6-15(18)25)19-7-16-20(32-19)21(29)28(22(30)27-16)17-9-26-8-12-10(17)3-2-4-14(12)24/h2-9,16,20H,1H3,(H,27,30). The van der Waals surface area contributed by atoms with Gasteiger partial charge in [-0.3, -0.25) is 9.78 Å². The van der Waals surface area contributed by atoms with Crippen molar-refractivity contribution < 1.29 is 23.1 Å².